The first-order valence-corrected chi connectivity index (χ1v) is 6.58. The molecule has 0 unspecified atom stereocenters. The quantitative estimate of drug-likeness (QED) is 0.685. The number of carbonyl (C=O) groups excluding carboxylic acids is 1. The standard InChI is InChI=1S/C15H13ClN2O3/c1-9-5-10(2)7-11(6-9)15(19)17-14-8-12(18(20)21)3-4-13(14)16/h3-8H,1-2H3,(H,17,19). The van der Waals surface area contributed by atoms with Crippen LogP contribution in [0.5, 0.6) is 0 Å². The second kappa shape index (κ2) is 5.93. The Kier molecular flexibility index (Phi) is 4.23. The Labute approximate surface area is 126 Å². The largest absolute Gasteiger partial charge is 0.320 e. The first-order chi connectivity index (χ1) is 9.86. The zero-order valence-electron chi connectivity index (χ0n) is 11.5. The molecule has 0 radical (unpaired) electrons. The van der Waals surface area contributed by atoms with E-state index in [4.69, 9.17) is 11.6 Å². The van der Waals surface area contributed by atoms with Crippen LogP contribution in [0.4, 0.5) is 11.4 Å². The number of nitrogens with one attached hydrogen (secondary N) is 1. The lowest BCUT2D eigenvalue weighted by atomic mass is 10.1. The van der Waals surface area contributed by atoms with Gasteiger partial charge in [0.25, 0.3) is 11.6 Å². The van der Waals surface area contributed by atoms with Crippen molar-refractivity contribution in [3.05, 3.63) is 68.2 Å². The van der Waals surface area contributed by atoms with Crippen LogP contribution < -0.4 is 5.32 Å². The first-order valence-electron chi connectivity index (χ1n) is 6.20. The summed E-state index contributed by atoms with van der Waals surface area (Å²) in [4.78, 5) is 22.4. The van der Waals surface area contributed by atoms with Crippen LogP contribution >= 0.6 is 11.6 Å². The Morgan fingerprint density at radius 2 is 1.76 bits per heavy atom. The highest BCUT2D eigenvalue weighted by Crippen LogP contribution is 2.27. The predicted molar refractivity (Wildman–Crippen MR) is 82.0 cm³/mol. The van der Waals surface area contributed by atoms with Gasteiger partial charge in [0.2, 0.25) is 0 Å². The fraction of sp³-hybridized carbons (Fsp3) is 0.133. The van der Waals surface area contributed by atoms with Gasteiger partial charge in [-0.25, -0.2) is 0 Å². The SMILES string of the molecule is Cc1cc(C)cc(C(=O)Nc2cc([N+](=O)[O-])ccc2Cl)c1. The van der Waals surface area contributed by atoms with Crippen molar-refractivity contribution in [2.45, 2.75) is 13.8 Å². The minimum atomic E-state index is -0.539. The Bertz CT molecular complexity index is 709. The van der Waals surface area contributed by atoms with Gasteiger partial charge >= 0.3 is 0 Å². The molecular formula is C15H13ClN2O3. The number of aryl methyl sites for hydroxylation is 2. The summed E-state index contributed by atoms with van der Waals surface area (Å²) >= 11 is 5.96. The Hall–Kier alpha value is -2.40. The summed E-state index contributed by atoms with van der Waals surface area (Å²) in [5.74, 6) is -0.357. The smallest absolute Gasteiger partial charge is 0.271 e. The molecule has 0 saturated heterocycles. The molecule has 1 amide bonds. The van der Waals surface area contributed by atoms with Gasteiger partial charge in [-0.05, 0) is 32.0 Å². The lowest BCUT2D eigenvalue weighted by Crippen LogP contribution is -2.12. The average Bonchev–Trinajstić information content (AvgIpc) is 2.39. The third-order valence-corrected chi connectivity index (χ3v) is 3.22. The highest BCUT2D eigenvalue weighted by atomic mass is 35.5. The molecule has 21 heavy (non-hydrogen) atoms. The summed E-state index contributed by atoms with van der Waals surface area (Å²) in [5.41, 5.74) is 2.50. The Morgan fingerprint density at radius 1 is 1.14 bits per heavy atom. The van der Waals surface area contributed by atoms with E-state index in [1.54, 1.807) is 12.1 Å². The third-order valence-electron chi connectivity index (χ3n) is 2.89. The number of halogens is 1. The van der Waals surface area contributed by atoms with Gasteiger partial charge in [-0.15, -0.1) is 0 Å². The maximum Gasteiger partial charge on any atom is 0.271 e. The van der Waals surface area contributed by atoms with Gasteiger partial charge in [-0.3, -0.25) is 14.9 Å². The van der Waals surface area contributed by atoms with Crippen molar-refractivity contribution < 1.29 is 9.72 Å². The molecule has 0 saturated carbocycles. The van der Waals surface area contributed by atoms with E-state index in [1.165, 1.54) is 18.2 Å². The number of hydrogen-bond donors (Lipinski definition) is 1. The molecule has 5 nitrogen and oxygen atoms in total. The van der Waals surface area contributed by atoms with Crippen LogP contribution in [0.2, 0.25) is 5.02 Å². The number of non-ortho nitro benzene ring substituents is 1. The second-order valence-corrected chi connectivity index (χ2v) is 5.16. The summed E-state index contributed by atoms with van der Waals surface area (Å²) < 4.78 is 0. The van der Waals surface area contributed by atoms with E-state index in [9.17, 15) is 14.9 Å². The number of rotatable bonds is 3. The number of anilines is 1. The number of nitro benzene ring substituents is 1. The van der Waals surface area contributed by atoms with Crippen LogP contribution in [0.25, 0.3) is 0 Å². The van der Waals surface area contributed by atoms with E-state index in [1.807, 2.05) is 19.9 Å². The van der Waals surface area contributed by atoms with E-state index in [0.717, 1.165) is 11.1 Å². The molecule has 2 rings (SSSR count). The van der Waals surface area contributed by atoms with Crippen molar-refractivity contribution >= 4 is 28.9 Å². The van der Waals surface area contributed by atoms with Crippen LogP contribution in [0, 0.1) is 24.0 Å². The number of nitro groups is 1. The van der Waals surface area contributed by atoms with Gasteiger partial charge in [0.05, 0.1) is 15.6 Å². The number of carbonyl (C=O) groups is 1. The lowest BCUT2D eigenvalue weighted by molar-refractivity contribution is -0.384. The molecule has 0 aliphatic rings. The zero-order valence-corrected chi connectivity index (χ0v) is 12.3. The van der Waals surface area contributed by atoms with Crippen LogP contribution in [0.1, 0.15) is 21.5 Å². The molecule has 0 heterocycles. The summed E-state index contributed by atoms with van der Waals surface area (Å²) in [5, 5.41) is 13.6. The molecule has 6 heteroatoms. The van der Waals surface area contributed by atoms with Gasteiger partial charge in [0.15, 0.2) is 0 Å². The Balaban J connectivity index is 2.31. The number of benzene rings is 2. The van der Waals surface area contributed by atoms with E-state index in [0.29, 0.717) is 5.56 Å². The molecule has 2 aromatic carbocycles. The molecule has 0 spiro atoms. The number of hydrogen-bond acceptors (Lipinski definition) is 3. The monoisotopic (exact) mass is 304 g/mol. The van der Waals surface area contributed by atoms with Crippen molar-refractivity contribution in [2.75, 3.05) is 5.32 Å². The van der Waals surface area contributed by atoms with Crippen LogP contribution in [0.15, 0.2) is 36.4 Å². The maximum atomic E-state index is 12.2. The van der Waals surface area contributed by atoms with Gasteiger partial charge in [0, 0.05) is 17.7 Å². The lowest BCUT2D eigenvalue weighted by Gasteiger charge is -2.08. The maximum absolute atomic E-state index is 12.2. The fourth-order valence-corrected chi connectivity index (χ4v) is 2.19. The molecule has 108 valence electrons. The second-order valence-electron chi connectivity index (χ2n) is 4.75. The normalized spacial score (nSPS) is 10.2. The molecule has 0 atom stereocenters. The minimum Gasteiger partial charge on any atom is -0.320 e. The zero-order chi connectivity index (χ0) is 15.6. The highest BCUT2D eigenvalue weighted by Gasteiger charge is 2.13. The van der Waals surface area contributed by atoms with Crippen LogP contribution in [-0.4, -0.2) is 10.8 Å². The van der Waals surface area contributed by atoms with E-state index in [-0.39, 0.29) is 22.3 Å². The third kappa shape index (κ3) is 3.58. The van der Waals surface area contributed by atoms with Crippen LogP contribution in [-0.2, 0) is 0 Å². The molecule has 1 N–H and O–H groups in total. The topological polar surface area (TPSA) is 72.2 Å². The molecule has 0 aromatic heterocycles. The van der Waals surface area contributed by atoms with Crippen molar-refractivity contribution in [2.24, 2.45) is 0 Å². The molecule has 2 aromatic rings. The van der Waals surface area contributed by atoms with Crippen molar-refractivity contribution in [1.29, 1.82) is 0 Å². The summed E-state index contributed by atoms with van der Waals surface area (Å²) in [7, 11) is 0. The average molecular weight is 305 g/mol. The molecule has 0 bridgehead atoms. The van der Waals surface area contributed by atoms with Crippen molar-refractivity contribution in [3.8, 4) is 0 Å². The summed E-state index contributed by atoms with van der Waals surface area (Å²) in [6, 6.07) is 9.35. The first kappa shape index (κ1) is 15.0. The van der Waals surface area contributed by atoms with Crippen molar-refractivity contribution in [1.82, 2.24) is 0 Å². The molecular weight excluding hydrogens is 292 g/mol. The van der Waals surface area contributed by atoms with Gasteiger partial charge in [-0.1, -0.05) is 28.8 Å². The number of nitrogens with zero attached hydrogens (tertiary/aromatic N) is 1. The predicted octanol–water partition coefficient (Wildman–Crippen LogP) is 4.12. The molecule has 0 aliphatic heterocycles. The minimum absolute atomic E-state index is 0.130. The number of amides is 1. The van der Waals surface area contributed by atoms with E-state index in [2.05, 4.69) is 5.32 Å². The van der Waals surface area contributed by atoms with E-state index < -0.39 is 4.92 Å². The summed E-state index contributed by atoms with van der Waals surface area (Å²) in [6.07, 6.45) is 0. The van der Waals surface area contributed by atoms with Crippen LogP contribution in [0.3, 0.4) is 0 Å². The van der Waals surface area contributed by atoms with Gasteiger partial charge < -0.3 is 5.32 Å². The highest BCUT2D eigenvalue weighted by molar-refractivity contribution is 6.34. The van der Waals surface area contributed by atoms with Gasteiger partial charge in [0.1, 0.15) is 0 Å². The Morgan fingerprint density at radius 3 is 2.33 bits per heavy atom. The molecule has 0 fully saturated rings. The van der Waals surface area contributed by atoms with Gasteiger partial charge in [-0.2, -0.15) is 0 Å². The summed E-state index contributed by atoms with van der Waals surface area (Å²) in [6.45, 7) is 3.79. The van der Waals surface area contributed by atoms with E-state index >= 15 is 0 Å². The van der Waals surface area contributed by atoms with Crippen molar-refractivity contribution in [3.63, 3.8) is 0 Å². The molecule has 0 aliphatic carbocycles. The fourth-order valence-electron chi connectivity index (χ4n) is 2.02.